The van der Waals surface area contributed by atoms with E-state index in [2.05, 4.69) is 12.2 Å². The molecule has 19 heavy (non-hydrogen) atoms. The summed E-state index contributed by atoms with van der Waals surface area (Å²) in [5, 5.41) is 3.31. The Hall–Kier alpha value is -0.650. The Morgan fingerprint density at radius 3 is 2.89 bits per heavy atom. The smallest absolute Gasteiger partial charge is 0.305 e. The highest BCUT2D eigenvalue weighted by atomic mass is 16.5. The average molecular weight is 273 g/mol. The molecule has 0 bridgehead atoms. The molecule has 1 aliphatic rings. The molecule has 0 spiro atoms. The summed E-state index contributed by atoms with van der Waals surface area (Å²) in [5.74, 6) is -0.0981. The van der Waals surface area contributed by atoms with Crippen molar-refractivity contribution in [3.05, 3.63) is 0 Å². The second-order valence-electron chi connectivity index (χ2n) is 4.92. The fourth-order valence-corrected chi connectivity index (χ4v) is 2.07. The summed E-state index contributed by atoms with van der Waals surface area (Å²) in [4.78, 5) is 11.1. The Labute approximate surface area is 116 Å². The van der Waals surface area contributed by atoms with E-state index in [1.807, 2.05) is 6.92 Å². The van der Waals surface area contributed by atoms with E-state index >= 15 is 0 Å². The van der Waals surface area contributed by atoms with Gasteiger partial charge in [0, 0.05) is 26.1 Å². The maximum absolute atomic E-state index is 11.1. The van der Waals surface area contributed by atoms with Gasteiger partial charge in [0.05, 0.1) is 25.4 Å². The third-order valence-corrected chi connectivity index (χ3v) is 3.01. The van der Waals surface area contributed by atoms with Gasteiger partial charge < -0.3 is 19.5 Å². The molecule has 0 radical (unpaired) electrons. The van der Waals surface area contributed by atoms with E-state index < -0.39 is 0 Å². The van der Waals surface area contributed by atoms with Crippen LogP contribution < -0.4 is 5.32 Å². The van der Waals surface area contributed by atoms with Crippen molar-refractivity contribution in [3.63, 3.8) is 0 Å². The summed E-state index contributed by atoms with van der Waals surface area (Å²) in [5.41, 5.74) is 0. The monoisotopic (exact) mass is 273 g/mol. The molecule has 1 heterocycles. The molecule has 0 saturated carbocycles. The number of rotatable bonds is 9. The predicted molar refractivity (Wildman–Crippen MR) is 73.1 cm³/mol. The minimum Gasteiger partial charge on any atom is -0.466 e. The number of hydrogen-bond acceptors (Lipinski definition) is 5. The number of unbranched alkanes of at least 4 members (excludes halogenated alkanes) is 2. The van der Waals surface area contributed by atoms with E-state index in [4.69, 9.17) is 14.2 Å². The number of morpholine rings is 1. The van der Waals surface area contributed by atoms with E-state index in [1.54, 1.807) is 0 Å². The molecule has 5 heteroatoms. The molecule has 1 fully saturated rings. The van der Waals surface area contributed by atoms with Gasteiger partial charge in [0.2, 0.25) is 0 Å². The zero-order valence-electron chi connectivity index (χ0n) is 12.2. The number of esters is 1. The molecule has 0 aliphatic carbocycles. The molecule has 1 saturated heterocycles. The molecule has 0 aromatic heterocycles. The lowest BCUT2D eigenvalue weighted by Gasteiger charge is -2.28. The Morgan fingerprint density at radius 1 is 1.32 bits per heavy atom. The molecule has 5 nitrogen and oxygen atoms in total. The summed E-state index contributed by atoms with van der Waals surface area (Å²) in [6.07, 6.45) is 3.81. The minimum atomic E-state index is -0.0981. The van der Waals surface area contributed by atoms with Gasteiger partial charge in [-0.15, -0.1) is 0 Å². The van der Waals surface area contributed by atoms with E-state index in [9.17, 15) is 4.79 Å². The third-order valence-electron chi connectivity index (χ3n) is 3.01. The summed E-state index contributed by atoms with van der Waals surface area (Å²) >= 11 is 0. The maximum Gasteiger partial charge on any atom is 0.305 e. The highest BCUT2D eigenvalue weighted by Crippen LogP contribution is 2.05. The highest BCUT2D eigenvalue weighted by Gasteiger charge is 2.18. The van der Waals surface area contributed by atoms with Crippen molar-refractivity contribution in [2.45, 2.75) is 51.7 Å². The second kappa shape index (κ2) is 10.2. The Bertz CT molecular complexity index is 248. The molecule has 0 aromatic rings. The predicted octanol–water partition coefficient (Wildman–Crippen LogP) is 1.50. The van der Waals surface area contributed by atoms with Crippen molar-refractivity contribution in [1.29, 1.82) is 0 Å². The number of ether oxygens (including phenoxy) is 3. The number of carbonyl (C=O) groups is 1. The molecule has 0 amide bonds. The van der Waals surface area contributed by atoms with Crippen LogP contribution in [0.3, 0.4) is 0 Å². The van der Waals surface area contributed by atoms with Gasteiger partial charge in [-0.2, -0.15) is 0 Å². The summed E-state index contributed by atoms with van der Waals surface area (Å²) in [6, 6.07) is 0. The fourth-order valence-electron chi connectivity index (χ4n) is 2.07. The van der Waals surface area contributed by atoms with Crippen molar-refractivity contribution in [2.75, 3.05) is 32.9 Å². The first kappa shape index (κ1) is 16.4. The topological polar surface area (TPSA) is 56.8 Å². The van der Waals surface area contributed by atoms with Crippen LogP contribution in [0.25, 0.3) is 0 Å². The van der Waals surface area contributed by atoms with Crippen molar-refractivity contribution in [2.24, 2.45) is 0 Å². The van der Waals surface area contributed by atoms with E-state index in [-0.39, 0.29) is 18.2 Å². The number of nitrogens with one attached hydrogen (secondary N) is 1. The van der Waals surface area contributed by atoms with Crippen molar-refractivity contribution >= 4 is 5.97 Å². The second-order valence-corrected chi connectivity index (χ2v) is 4.92. The lowest BCUT2D eigenvalue weighted by molar-refractivity contribution is -0.143. The van der Waals surface area contributed by atoms with Gasteiger partial charge in [0.15, 0.2) is 0 Å². The first-order chi connectivity index (χ1) is 9.22. The van der Waals surface area contributed by atoms with Crippen LogP contribution in [0.4, 0.5) is 0 Å². The molecule has 1 rings (SSSR count). The maximum atomic E-state index is 11.1. The van der Waals surface area contributed by atoms with Crippen LogP contribution in [0.15, 0.2) is 0 Å². The Balaban J connectivity index is 1.87. The normalized spacial score (nSPS) is 23.3. The van der Waals surface area contributed by atoms with E-state index in [0.717, 1.165) is 39.0 Å². The molecule has 112 valence electrons. The van der Waals surface area contributed by atoms with Crippen LogP contribution in [-0.4, -0.2) is 51.1 Å². The quantitative estimate of drug-likeness (QED) is 0.510. The van der Waals surface area contributed by atoms with Crippen LogP contribution in [0, 0.1) is 0 Å². The Morgan fingerprint density at radius 2 is 2.16 bits per heavy atom. The van der Waals surface area contributed by atoms with Gasteiger partial charge in [-0.1, -0.05) is 6.42 Å². The zero-order valence-corrected chi connectivity index (χ0v) is 12.2. The van der Waals surface area contributed by atoms with E-state index in [1.165, 1.54) is 0 Å². The first-order valence-electron chi connectivity index (χ1n) is 7.32. The van der Waals surface area contributed by atoms with Gasteiger partial charge in [-0.05, 0) is 26.7 Å². The number of hydrogen-bond donors (Lipinski definition) is 1. The first-order valence-corrected chi connectivity index (χ1v) is 7.32. The average Bonchev–Trinajstić information content (AvgIpc) is 2.38. The third kappa shape index (κ3) is 8.18. The number of carbonyl (C=O) groups excluding carboxylic acids is 1. The Kier molecular flexibility index (Phi) is 8.79. The lowest BCUT2D eigenvalue weighted by atomic mass is 10.2. The summed E-state index contributed by atoms with van der Waals surface area (Å²) in [6.45, 7) is 7.53. The van der Waals surface area contributed by atoms with Crippen molar-refractivity contribution < 1.29 is 19.0 Å². The van der Waals surface area contributed by atoms with Crippen LogP contribution in [0.5, 0.6) is 0 Å². The van der Waals surface area contributed by atoms with E-state index in [0.29, 0.717) is 19.6 Å². The molecule has 2 unspecified atom stereocenters. The van der Waals surface area contributed by atoms with Crippen molar-refractivity contribution in [3.8, 4) is 0 Å². The molecular weight excluding hydrogens is 246 g/mol. The zero-order chi connectivity index (χ0) is 13.9. The molecule has 1 N–H and O–H groups in total. The van der Waals surface area contributed by atoms with Gasteiger partial charge >= 0.3 is 5.97 Å². The summed E-state index contributed by atoms with van der Waals surface area (Å²) in [7, 11) is 0. The van der Waals surface area contributed by atoms with Crippen LogP contribution in [0.2, 0.25) is 0 Å². The largest absolute Gasteiger partial charge is 0.466 e. The molecule has 2 atom stereocenters. The van der Waals surface area contributed by atoms with Crippen LogP contribution in [-0.2, 0) is 19.0 Å². The van der Waals surface area contributed by atoms with Crippen LogP contribution in [0.1, 0.15) is 39.5 Å². The SMILES string of the molecule is CCOC(=O)CCCCCOCC1CNCC(C)O1. The molecular formula is C14H27NO4. The molecule has 1 aliphatic heterocycles. The van der Waals surface area contributed by atoms with Crippen molar-refractivity contribution in [1.82, 2.24) is 5.32 Å². The van der Waals surface area contributed by atoms with Crippen LogP contribution >= 0.6 is 0 Å². The molecule has 0 aromatic carbocycles. The summed E-state index contributed by atoms with van der Waals surface area (Å²) < 4.78 is 16.2. The fraction of sp³-hybridized carbons (Fsp3) is 0.929. The van der Waals surface area contributed by atoms with Gasteiger partial charge in [-0.3, -0.25) is 4.79 Å². The van der Waals surface area contributed by atoms with Gasteiger partial charge in [0.1, 0.15) is 0 Å². The van der Waals surface area contributed by atoms with Gasteiger partial charge in [-0.25, -0.2) is 0 Å². The highest BCUT2D eigenvalue weighted by molar-refractivity contribution is 5.69. The lowest BCUT2D eigenvalue weighted by Crippen LogP contribution is -2.45. The standard InChI is InChI=1S/C14H27NO4/c1-3-18-14(16)7-5-4-6-8-17-11-13-10-15-9-12(2)19-13/h12-13,15H,3-11H2,1-2H3. The minimum absolute atomic E-state index is 0.0981. The van der Waals surface area contributed by atoms with Gasteiger partial charge in [0.25, 0.3) is 0 Å².